The van der Waals surface area contributed by atoms with E-state index >= 15 is 0 Å². The van der Waals surface area contributed by atoms with Crippen molar-refractivity contribution in [2.24, 2.45) is 4.99 Å². The first-order valence-electron chi connectivity index (χ1n) is 11.0. The number of aromatic hydroxyl groups is 1. The molecule has 0 fully saturated rings. The largest absolute Gasteiger partial charge is 0.505 e. The fraction of sp³-hybridized carbons (Fsp3) is 0.222. The summed E-state index contributed by atoms with van der Waals surface area (Å²) < 4.78 is 0. The summed E-state index contributed by atoms with van der Waals surface area (Å²) in [6.07, 6.45) is 1.78. The van der Waals surface area contributed by atoms with Crippen LogP contribution in [0, 0.1) is 6.92 Å². The number of anilines is 1. The van der Waals surface area contributed by atoms with Crippen molar-refractivity contribution in [3.63, 3.8) is 0 Å². The highest BCUT2D eigenvalue weighted by Crippen LogP contribution is 2.35. The third kappa shape index (κ3) is 4.80. The Labute approximate surface area is 192 Å². The number of fused-ring (bicyclic) bond motifs is 1. The van der Waals surface area contributed by atoms with Gasteiger partial charge in [-0.25, -0.2) is 4.99 Å². The number of carbonyl (C=O) groups is 2. The third-order valence-corrected chi connectivity index (χ3v) is 5.93. The maximum absolute atomic E-state index is 13.2. The summed E-state index contributed by atoms with van der Waals surface area (Å²) in [6, 6.07) is 20.9. The lowest BCUT2D eigenvalue weighted by Crippen LogP contribution is -2.31. The van der Waals surface area contributed by atoms with Gasteiger partial charge in [0.2, 0.25) is 0 Å². The smallest absolute Gasteiger partial charge is 0.303 e. The molecule has 3 aromatic carbocycles. The van der Waals surface area contributed by atoms with Gasteiger partial charge in [0.05, 0.1) is 5.69 Å². The summed E-state index contributed by atoms with van der Waals surface area (Å²) in [5.41, 5.74) is 5.21. The van der Waals surface area contributed by atoms with Crippen LogP contribution in [0.15, 0.2) is 71.7 Å². The number of hydrogen-bond acceptors (Lipinski definition) is 4. The van der Waals surface area contributed by atoms with Crippen molar-refractivity contribution < 1.29 is 19.8 Å². The number of aryl methyl sites for hydroxylation is 3. The summed E-state index contributed by atoms with van der Waals surface area (Å²) in [5, 5.41) is 19.8. The Kier molecular flexibility index (Phi) is 6.54. The van der Waals surface area contributed by atoms with Crippen LogP contribution in [0.25, 0.3) is 0 Å². The predicted octanol–water partition coefficient (Wildman–Crippen LogP) is 4.82. The summed E-state index contributed by atoms with van der Waals surface area (Å²) >= 11 is 0. The molecule has 4 rings (SSSR count). The summed E-state index contributed by atoms with van der Waals surface area (Å²) in [4.78, 5) is 30.2. The molecule has 0 saturated heterocycles. The minimum absolute atomic E-state index is 0.0118. The average Bonchev–Trinajstić information content (AvgIpc) is 3.06. The first-order valence-corrected chi connectivity index (χ1v) is 11.0. The van der Waals surface area contributed by atoms with E-state index in [-0.39, 0.29) is 23.8 Å². The molecule has 1 heterocycles. The standard InChI is InChI=1S/C27H26N2O4/c1-18-8-2-3-9-19(18)15-16-20-10-6-12-22(26(20)32)28-25-21-11-4-5-13-23(21)29(27(25)33)17-7-14-24(30)31/h2-6,8-13,32H,7,14-17H2,1H3,(H,30,31). The molecule has 0 radical (unpaired) electrons. The zero-order chi connectivity index (χ0) is 23.4. The number of amides is 1. The molecule has 6 nitrogen and oxygen atoms in total. The van der Waals surface area contributed by atoms with E-state index < -0.39 is 5.97 Å². The van der Waals surface area contributed by atoms with Gasteiger partial charge < -0.3 is 15.1 Å². The molecule has 1 aliphatic rings. The fourth-order valence-corrected chi connectivity index (χ4v) is 4.13. The number of carboxylic acid groups (broad SMARTS) is 1. The molecule has 1 amide bonds. The van der Waals surface area contributed by atoms with Crippen molar-refractivity contribution >= 4 is 29.0 Å². The Morgan fingerprint density at radius 3 is 2.42 bits per heavy atom. The Morgan fingerprint density at radius 2 is 1.64 bits per heavy atom. The minimum atomic E-state index is -0.892. The first kappa shape index (κ1) is 22.3. The van der Waals surface area contributed by atoms with E-state index in [1.807, 2.05) is 48.5 Å². The maximum Gasteiger partial charge on any atom is 0.303 e. The zero-order valence-electron chi connectivity index (χ0n) is 18.5. The second-order valence-electron chi connectivity index (χ2n) is 8.14. The highest BCUT2D eigenvalue weighted by Gasteiger charge is 2.33. The Bertz CT molecular complexity index is 1230. The quantitative estimate of drug-likeness (QED) is 0.523. The van der Waals surface area contributed by atoms with E-state index in [1.165, 1.54) is 11.1 Å². The number of carboxylic acids is 1. The highest BCUT2D eigenvalue weighted by molar-refractivity contribution is 6.54. The minimum Gasteiger partial charge on any atom is -0.505 e. The van der Waals surface area contributed by atoms with E-state index in [9.17, 15) is 14.7 Å². The van der Waals surface area contributed by atoms with Crippen LogP contribution in [0.1, 0.15) is 35.1 Å². The van der Waals surface area contributed by atoms with Crippen molar-refractivity contribution in [3.8, 4) is 5.75 Å². The Balaban J connectivity index is 1.60. The van der Waals surface area contributed by atoms with Crippen LogP contribution in [0.3, 0.4) is 0 Å². The van der Waals surface area contributed by atoms with E-state index in [0.717, 1.165) is 12.0 Å². The van der Waals surface area contributed by atoms with Gasteiger partial charge >= 0.3 is 5.97 Å². The average molecular weight is 443 g/mol. The number of phenolic OH excluding ortho intramolecular Hbond substituents is 1. The molecule has 0 saturated carbocycles. The fourth-order valence-electron chi connectivity index (χ4n) is 4.13. The van der Waals surface area contributed by atoms with Gasteiger partial charge in [0.25, 0.3) is 5.91 Å². The molecule has 0 aromatic heterocycles. The van der Waals surface area contributed by atoms with Gasteiger partial charge in [0.1, 0.15) is 17.1 Å². The summed E-state index contributed by atoms with van der Waals surface area (Å²) in [5.74, 6) is -1.10. The normalized spacial score (nSPS) is 14.0. The van der Waals surface area contributed by atoms with E-state index in [2.05, 4.69) is 24.0 Å². The van der Waals surface area contributed by atoms with Gasteiger partial charge in [-0.05, 0) is 55.0 Å². The molecule has 0 spiro atoms. The van der Waals surface area contributed by atoms with Gasteiger partial charge in [-0.15, -0.1) is 0 Å². The molecule has 0 aliphatic carbocycles. The summed E-state index contributed by atoms with van der Waals surface area (Å²) in [6.45, 7) is 2.37. The molecule has 3 aromatic rings. The van der Waals surface area contributed by atoms with Crippen molar-refractivity contribution in [1.82, 2.24) is 0 Å². The van der Waals surface area contributed by atoms with Crippen molar-refractivity contribution in [2.45, 2.75) is 32.6 Å². The zero-order valence-corrected chi connectivity index (χ0v) is 18.5. The summed E-state index contributed by atoms with van der Waals surface area (Å²) in [7, 11) is 0. The second-order valence-corrected chi connectivity index (χ2v) is 8.14. The van der Waals surface area contributed by atoms with Crippen LogP contribution in [-0.4, -0.2) is 34.3 Å². The number of carbonyl (C=O) groups excluding carboxylic acids is 1. The van der Waals surface area contributed by atoms with Crippen molar-refractivity contribution in [1.29, 1.82) is 0 Å². The van der Waals surface area contributed by atoms with Crippen LogP contribution >= 0.6 is 0 Å². The van der Waals surface area contributed by atoms with Gasteiger partial charge in [0.15, 0.2) is 0 Å². The number of rotatable bonds is 8. The molecular weight excluding hydrogens is 416 g/mol. The predicted molar refractivity (Wildman–Crippen MR) is 129 cm³/mol. The number of aliphatic imine (C=N–C) groups is 1. The van der Waals surface area contributed by atoms with E-state index in [4.69, 9.17) is 5.11 Å². The van der Waals surface area contributed by atoms with Crippen molar-refractivity contribution in [2.75, 3.05) is 11.4 Å². The molecule has 1 aliphatic heterocycles. The Morgan fingerprint density at radius 1 is 0.939 bits per heavy atom. The van der Waals surface area contributed by atoms with Gasteiger partial charge in [-0.2, -0.15) is 0 Å². The lowest BCUT2D eigenvalue weighted by Gasteiger charge is -2.15. The number of para-hydroxylation sites is 2. The van der Waals surface area contributed by atoms with Crippen LogP contribution < -0.4 is 4.90 Å². The van der Waals surface area contributed by atoms with Gasteiger partial charge in [-0.3, -0.25) is 9.59 Å². The third-order valence-electron chi connectivity index (χ3n) is 5.93. The first-order chi connectivity index (χ1) is 16.0. The topological polar surface area (TPSA) is 90.2 Å². The molecule has 6 heteroatoms. The number of nitrogens with zero attached hydrogens (tertiary/aromatic N) is 2. The molecule has 0 atom stereocenters. The van der Waals surface area contributed by atoms with Crippen LogP contribution in [0.4, 0.5) is 11.4 Å². The monoisotopic (exact) mass is 442 g/mol. The number of benzene rings is 3. The molecule has 0 bridgehead atoms. The maximum atomic E-state index is 13.2. The van der Waals surface area contributed by atoms with E-state index in [1.54, 1.807) is 11.0 Å². The van der Waals surface area contributed by atoms with Gasteiger partial charge in [-0.1, -0.05) is 54.6 Å². The van der Waals surface area contributed by atoms with Crippen LogP contribution in [-0.2, 0) is 22.4 Å². The molecular formula is C27H26N2O4. The van der Waals surface area contributed by atoms with Crippen molar-refractivity contribution in [3.05, 3.63) is 89.0 Å². The number of phenols is 1. The molecule has 2 N–H and O–H groups in total. The molecule has 0 unspecified atom stereocenters. The number of hydrogen-bond donors (Lipinski definition) is 2. The SMILES string of the molecule is Cc1ccccc1CCc1cccc(N=C2C(=O)N(CCCC(=O)O)c3ccccc32)c1O. The lowest BCUT2D eigenvalue weighted by molar-refractivity contribution is -0.137. The highest BCUT2D eigenvalue weighted by atomic mass is 16.4. The van der Waals surface area contributed by atoms with Crippen LogP contribution in [0.2, 0.25) is 0 Å². The molecule has 33 heavy (non-hydrogen) atoms. The number of aliphatic carboxylic acids is 1. The Hall–Kier alpha value is -3.93. The second kappa shape index (κ2) is 9.69. The van der Waals surface area contributed by atoms with Gasteiger partial charge in [0, 0.05) is 18.5 Å². The van der Waals surface area contributed by atoms with Crippen LogP contribution in [0.5, 0.6) is 5.75 Å². The van der Waals surface area contributed by atoms with E-state index in [0.29, 0.717) is 36.3 Å². The molecule has 168 valence electrons. The lowest BCUT2D eigenvalue weighted by atomic mass is 10.00.